The van der Waals surface area contributed by atoms with Crippen molar-refractivity contribution in [3.05, 3.63) is 54.0 Å². The third kappa shape index (κ3) is 4.52. The second-order valence-electron chi connectivity index (χ2n) is 9.96. The maximum atomic E-state index is 5.71. The van der Waals surface area contributed by atoms with E-state index < -0.39 is 0 Å². The third-order valence-electron chi connectivity index (χ3n) is 7.14. The number of methoxy groups -OCH3 is 1. The van der Waals surface area contributed by atoms with Crippen LogP contribution in [0.4, 0.5) is 5.82 Å². The number of anilines is 1. The number of pyridine rings is 1. The molecule has 1 aliphatic carbocycles. The van der Waals surface area contributed by atoms with Crippen LogP contribution in [0.2, 0.25) is 0 Å². The Bertz CT molecular complexity index is 1100. The van der Waals surface area contributed by atoms with E-state index in [0.717, 1.165) is 49.6 Å². The lowest BCUT2D eigenvalue weighted by Crippen LogP contribution is -2.41. The van der Waals surface area contributed by atoms with Gasteiger partial charge in [0, 0.05) is 44.8 Å². The Balaban J connectivity index is 1.44. The third-order valence-corrected chi connectivity index (χ3v) is 7.14. The van der Waals surface area contributed by atoms with E-state index in [9.17, 15) is 0 Å². The Morgan fingerprint density at radius 1 is 1.21 bits per heavy atom. The molecule has 1 aliphatic heterocycles. The predicted molar refractivity (Wildman–Crippen MR) is 127 cm³/mol. The summed E-state index contributed by atoms with van der Waals surface area (Å²) in [4.78, 5) is 15.4. The van der Waals surface area contributed by atoms with E-state index in [4.69, 9.17) is 4.74 Å². The van der Waals surface area contributed by atoms with Crippen LogP contribution in [-0.4, -0.2) is 67.5 Å². The molecule has 1 saturated carbocycles. The molecule has 180 valence electrons. The molecule has 0 amide bonds. The Morgan fingerprint density at radius 2 is 2.03 bits per heavy atom. The maximum absolute atomic E-state index is 5.71. The molecule has 4 heterocycles. The van der Waals surface area contributed by atoms with Crippen LogP contribution >= 0.6 is 0 Å². The van der Waals surface area contributed by atoms with Gasteiger partial charge in [-0.1, -0.05) is 19.9 Å². The van der Waals surface area contributed by atoms with Gasteiger partial charge >= 0.3 is 0 Å². The number of nitrogens with one attached hydrogen (secondary N) is 1. The standard InChI is InChI=1S/C24H33N9O/c1-16(2)17-9-18(12-26-11-17)22(23-29-30-31-33(23)24(3)6-7-24)27-13-19-10-20(34-4)14-32(19)21-5-8-25-15-28-21/h5,8-9,11-12,15-16,19-20,22,27H,6-7,10,13-14H2,1-4H3/t19-,20-,22?/m0/s1. The van der Waals surface area contributed by atoms with Crippen LogP contribution in [0.3, 0.4) is 0 Å². The summed E-state index contributed by atoms with van der Waals surface area (Å²) in [6.45, 7) is 8.10. The average molecular weight is 464 g/mol. The van der Waals surface area contributed by atoms with Gasteiger partial charge in [0.05, 0.1) is 17.7 Å². The predicted octanol–water partition coefficient (Wildman–Crippen LogP) is 2.46. The van der Waals surface area contributed by atoms with E-state index in [1.807, 2.05) is 23.1 Å². The molecule has 3 atom stereocenters. The molecule has 5 rings (SSSR count). The molecular weight excluding hydrogens is 430 g/mol. The number of nitrogens with zero attached hydrogens (tertiary/aromatic N) is 8. The summed E-state index contributed by atoms with van der Waals surface area (Å²) in [5.41, 5.74) is 2.26. The van der Waals surface area contributed by atoms with Crippen molar-refractivity contribution in [1.82, 2.24) is 40.5 Å². The Morgan fingerprint density at radius 3 is 2.74 bits per heavy atom. The van der Waals surface area contributed by atoms with Crippen molar-refractivity contribution in [3.8, 4) is 0 Å². The lowest BCUT2D eigenvalue weighted by molar-refractivity contribution is 0.118. The molecule has 1 unspecified atom stereocenters. The normalized spacial score (nSPS) is 22.3. The van der Waals surface area contributed by atoms with Crippen LogP contribution in [0, 0.1) is 0 Å². The van der Waals surface area contributed by atoms with Gasteiger partial charge < -0.3 is 15.0 Å². The highest BCUT2D eigenvalue weighted by Gasteiger charge is 2.44. The molecule has 10 nitrogen and oxygen atoms in total. The maximum Gasteiger partial charge on any atom is 0.173 e. The van der Waals surface area contributed by atoms with Crippen LogP contribution in [0.15, 0.2) is 37.1 Å². The molecule has 1 saturated heterocycles. The lowest BCUT2D eigenvalue weighted by atomic mass is 10.00. The van der Waals surface area contributed by atoms with Crippen LogP contribution in [-0.2, 0) is 10.3 Å². The SMILES string of the molecule is CO[C@H]1C[C@@H](CNC(c2cncc(C(C)C)c2)c2nnnn2C2(C)CC2)N(c2ccncn2)C1. The molecule has 3 aromatic heterocycles. The van der Waals surface area contributed by atoms with E-state index in [1.54, 1.807) is 19.6 Å². The summed E-state index contributed by atoms with van der Waals surface area (Å²) >= 11 is 0. The highest BCUT2D eigenvalue weighted by molar-refractivity contribution is 5.40. The molecule has 3 aromatic rings. The molecule has 0 spiro atoms. The fraction of sp³-hybridized carbons (Fsp3) is 0.583. The van der Waals surface area contributed by atoms with Crippen LogP contribution < -0.4 is 10.2 Å². The van der Waals surface area contributed by atoms with Gasteiger partial charge in [0.25, 0.3) is 0 Å². The molecule has 2 aliphatic rings. The van der Waals surface area contributed by atoms with Crippen LogP contribution in [0.1, 0.15) is 68.9 Å². The number of hydrogen-bond acceptors (Lipinski definition) is 9. The summed E-state index contributed by atoms with van der Waals surface area (Å²) in [7, 11) is 1.77. The quantitative estimate of drug-likeness (QED) is 0.512. The van der Waals surface area contributed by atoms with Crippen molar-refractivity contribution in [2.75, 3.05) is 25.1 Å². The molecule has 0 radical (unpaired) electrons. The summed E-state index contributed by atoms with van der Waals surface area (Å²) in [6, 6.07) is 4.21. The Labute approximate surface area is 200 Å². The minimum Gasteiger partial charge on any atom is -0.380 e. The van der Waals surface area contributed by atoms with E-state index in [-0.39, 0.29) is 23.7 Å². The number of aromatic nitrogens is 7. The minimum absolute atomic E-state index is 0.0106. The number of tetrazole rings is 1. The summed E-state index contributed by atoms with van der Waals surface area (Å²) in [5, 5.41) is 16.7. The van der Waals surface area contributed by atoms with Crippen molar-refractivity contribution < 1.29 is 4.74 Å². The second-order valence-corrected chi connectivity index (χ2v) is 9.96. The molecular formula is C24H33N9O. The minimum atomic E-state index is -0.174. The Hall–Kier alpha value is -2.98. The first-order valence-electron chi connectivity index (χ1n) is 12.0. The lowest BCUT2D eigenvalue weighted by Gasteiger charge is -2.28. The highest BCUT2D eigenvalue weighted by Crippen LogP contribution is 2.43. The van der Waals surface area contributed by atoms with Gasteiger partial charge in [0.1, 0.15) is 12.1 Å². The topological polar surface area (TPSA) is 107 Å². The Kier molecular flexibility index (Phi) is 6.26. The van der Waals surface area contributed by atoms with Gasteiger partial charge in [-0.25, -0.2) is 14.6 Å². The van der Waals surface area contributed by atoms with E-state index in [2.05, 4.69) is 67.5 Å². The van der Waals surface area contributed by atoms with Gasteiger partial charge in [-0.15, -0.1) is 5.10 Å². The van der Waals surface area contributed by atoms with Gasteiger partial charge in [0.15, 0.2) is 5.82 Å². The first-order valence-corrected chi connectivity index (χ1v) is 12.0. The summed E-state index contributed by atoms with van der Waals surface area (Å²) in [5.74, 6) is 2.13. The van der Waals surface area contributed by atoms with Crippen LogP contribution in [0.5, 0.6) is 0 Å². The molecule has 34 heavy (non-hydrogen) atoms. The molecule has 1 N–H and O–H groups in total. The number of ether oxygens (including phenoxy) is 1. The highest BCUT2D eigenvalue weighted by atomic mass is 16.5. The van der Waals surface area contributed by atoms with Gasteiger partial charge in [-0.3, -0.25) is 4.98 Å². The zero-order valence-electron chi connectivity index (χ0n) is 20.3. The van der Waals surface area contributed by atoms with E-state index >= 15 is 0 Å². The van der Waals surface area contributed by atoms with Gasteiger partial charge in [0.2, 0.25) is 0 Å². The number of rotatable bonds is 9. The van der Waals surface area contributed by atoms with Crippen molar-refractivity contribution >= 4 is 5.82 Å². The second kappa shape index (κ2) is 9.34. The van der Waals surface area contributed by atoms with Crippen molar-refractivity contribution in [2.24, 2.45) is 0 Å². The van der Waals surface area contributed by atoms with Crippen molar-refractivity contribution in [1.29, 1.82) is 0 Å². The fourth-order valence-electron chi connectivity index (χ4n) is 4.69. The first kappa shape index (κ1) is 22.8. The van der Waals surface area contributed by atoms with Crippen molar-refractivity contribution in [3.63, 3.8) is 0 Å². The average Bonchev–Trinajstić information content (AvgIpc) is 3.25. The first-order chi connectivity index (χ1) is 16.5. The zero-order valence-corrected chi connectivity index (χ0v) is 20.3. The number of hydrogen-bond donors (Lipinski definition) is 1. The molecule has 10 heteroatoms. The smallest absolute Gasteiger partial charge is 0.173 e. The molecule has 0 aromatic carbocycles. The summed E-state index contributed by atoms with van der Waals surface area (Å²) in [6.07, 6.45) is 10.5. The molecule has 2 fully saturated rings. The zero-order chi connectivity index (χ0) is 23.7. The largest absolute Gasteiger partial charge is 0.380 e. The van der Waals surface area contributed by atoms with E-state index in [1.165, 1.54) is 5.56 Å². The fourth-order valence-corrected chi connectivity index (χ4v) is 4.69. The monoisotopic (exact) mass is 463 g/mol. The van der Waals surface area contributed by atoms with Crippen molar-refractivity contribution in [2.45, 2.75) is 69.7 Å². The van der Waals surface area contributed by atoms with Gasteiger partial charge in [-0.05, 0) is 59.7 Å². The van der Waals surface area contributed by atoms with Crippen LogP contribution in [0.25, 0.3) is 0 Å². The van der Waals surface area contributed by atoms with Gasteiger partial charge in [-0.2, -0.15) is 0 Å². The summed E-state index contributed by atoms with van der Waals surface area (Å²) < 4.78 is 7.71. The molecule has 0 bridgehead atoms. The van der Waals surface area contributed by atoms with E-state index in [0.29, 0.717) is 5.92 Å².